The summed E-state index contributed by atoms with van der Waals surface area (Å²) in [7, 11) is 1.99. The first-order chi connectivity index (χ1) is 7.79. The quantitative estimate of drug-likeness (QED) is 0.704. The van der Waals surface area contributed by atoms with E-state index in [-0.39, 0.29) is 5.91 Å². The van der Waals surface area contributed by atoms with Crippen LogP contribution in [0.1, 0.15) is 36.2 Å². The van der Waals surface area contributed by atoms with Crippen molar-refractivity contribution < 1.29 is 4.79 Å². The highest BCUT2D eigenvalue weighted by molar-refractivity contribution is 5.92. The molecule has 1 aromatic heterocycles. The molecular formula is C11H18N4O. The van der Waals surface area contributed by atoms with E-state index in [1.54, 1.807) is 12.3 Å². The van der Waals surface area contributed by atoms with Gasteiger partial charge in [-0.3, -0.25) is 9.89 Å². The third-order valence-electron chi connectivity index (χ3n) is 3.22. The molecule has 5 nitrogen and oxygen atoms in total. The van der Waals surface area contributed by atoms with Crippen molar-refractivity contribution in [3.8, 4) is 0 Å². The molecule has 0 aromatic carbocycles. The second-order valence-electron chi connectivity index (χ2n) is 4.28. The van der Waals surface area contributed by atoms with Crippen molar-refractivity contribution in [2.45, 2.75) is 37.8 Å². The second-order valence-corrected chi connectivity index (χ2v) is 4.28. The minimum absolute atomic E-state index is 0.0505. The van der Waals surface area contributed by atoms with E-state index in [9.17, 15) is 4.79 Å². The molecule has 3 N–H and O–H groups in total. The molecule has 88 valence electrons. The van der Waals surface area contributed by atoms with Crippen LogP contribution in [-0.4, -0.2) is 35.2 Å². The van der Waals surface area contributed by atoms with Gasteiger partial charge in [0, 0.05) is 18.3 Å². The van der Waals surface area contributed by atoms with Gasteiger partial charge in [0.25, 0.3) is 5.91 Å². The predicted octanol–water partition coefficient (Wildman–Crippen LogP) is 0.670. The number of nitrogens with one attached hydrogen (secondary N) is 3. The molecule has 0 aliphatic heterocycles. The fraction of sp³-hybridized carbons (Fsp3) is 0.636. The van der Waals surface area contributed by atoms with Gasteiger partial charge in [-0.2, -0.15) is 5.10 Å². The topological polar surface area (TPSA) is 69.8 Å². The lowest BCUT2D eigenvalue weighted by Crippen LogP contribution is -2.41. The van der Waals surface area contributed by atoms with Crippen LogP contribution in [0.3, 0.4) is 0 Å². The van der Waals surface area contributed by atoms with E-state index < -0.39 is 0 Å². The van der Waals surface area contributed by atoms with Crippen LogP contribution in [-0.2, 0) is 0 Å². The molecule has 0 unspecified atom stereocenters. The van der Waals surface area contributed by atoms with E-state index >= 15 is 0 Å². The number of H-pyrrole nitrogens is 1. The highest BCUT2D eigenvalue weighted by Crippen LogP contribution is 2.18. The minimum atomic E-state index is -0.0505. The van der Waals surface area contributed by atoms with Gasteiger partial charge in [-0.1, -0.05) is 0 Å². The van der Waals surface area contributed by atoms with E-state index in [0.717, 1.165) is 25.7 Å². The molecule has 0 radical (unpaired) electrons. The van der Waals surface area contributed by atoms with Gasteiger partial charge in [0.15, 0.2) is 0 Å². The average Bonchev–Trinajstić information content (AvgIpc) is 2.83. The number of amides is 1. The molecule has 0 atom stereocenters. The van der Waals surface area contributed by atoms with Crippen molar-refractivity contribution in [3.63, 3.8) is 0 Å². The fourth-order valence-electron chi connectivity index (χ4n) is 2.17. The summed E-state index contributed by atoms with van der Waals surface area (Å²) < 4.78 is 0. The van der Waals surface area contributed by atoms with E-state index in [2.05, 4.69) is 20.8 Å². The number of hydrogen-bond acceptors (Lipinski definition) is 3. The molecule has 1 aliphatic rings. The summed E-state index contributed by atoms with van der Waals surface area (Å²) >= 11 is 0. The van der Waals surface area contributed by atoms with Gasteiger partial charge in [-0.25, -0.2) is 0 Å². The Balaban J connectivity index is 1.81. The Hall–Kier alpha value is -1.36. The number of aromatic nitrogens is 2. The number of aromatic amines is 1. The Kier molecular flexibility index (Phi) is 3.56. The van der Waals surface area contributed by atoms with Crippen molar-refractivity contribution in [1.82, 2.24) is 20.8 Å². The molecule has 1 amide bonds. The number of hydrogen-bond donors (Lipinski definition) is 3. The van der Waals surface area contributed by atoms with Gasteiger partial charge in [0.05, 0.1) is 0 Å². The van der Waals surface area contributed by atoms with Gasteiger partial charge in [0.2, 0.25) is 0 Å². The monoisotopic (exact) mass is 222 g/mol. The van der Waals surface area contributed by atoms with Crippen molar-refractivity contribution in [2.24, 2.45) is 0 Å². The lowest BCUT2D eigenvalue weighted by molar-refractivity contribution is 0.0919. The van der Waals surface area contributed by atoms with E-state index in [4.69, 9.17) is 0 Å². The lowest BCUT2D eigenvalue weighted by Gasteiger charge is -2.28. The molecule has 16 heavy (non-hydrogen) atoms. The van der Waals surface area contributed by atoms with Crippen molar-refractivity contribution in [1.29, 1.82) is 0 Å². The molecule has 0 bridgehead atoms. The van der Waals surface area contributed by atoms with Crippen LogP contribution in [0.4, 0.5) is 0 Å². The molecule has 1 aliphatic carbocycles. The first-order valence-electron chi connectivity index (χ1n) is 5.77. The van der Waals surface area contributed by atoms with Crippen molar-refractivity contribution in [2.75, 3.05) is 7.05 Å². The Morgan fingerprint density at radius 2 is 2.06 bits per heavy atom. The molecule has 0 spiro atoms. The Morgan fingerprint density at radius 3 is 2.62 bits per heavy atom. The van der Waals surface area contributed by atoms with Crippen molar-refractivity contribution in [3.05, 3.63) is 18.0 Å². The van der Waals surface area contributed by atoms with E-state index in [1.807, 2.05) is 7.05 Å². The van der Waals surface area contributed by atoms with Crippen LogP contribution in [0.25, 0.3) is 0 Å². The Bertz CT molecular complexity index is 328. The average molecular weight is 222 g/mol. The second kappa shape index (κ2) is 5.12. The van der Waals surface area contributed by atoms with Gasteiger partial charge < -0.3 is 10.6 Å². The number of nitrogens with zero attached hydrogens (tertiary/aromatic N) is 1. The summed E-state index contributed by atoms with van der Waals surface area (Å²) in [5.74, 6) is -0.0505. The maximum absolute atomic E-state index is 11.7. The van der Waals surface area contributed by atoms with Crippen LogP contribution >= 0.6 is 0 Å². The van der Waals surface area contributed by atoms with Crippen LogP contribution in [0.15, 0.2) is 12.3 Å². The molecule has 1 fully saturated rings. The summed E-state index contributed by atoms with van der Waals surface area (Å²) in [6.07, 6.45) is 5.94. The highest BCUT2D eigenvalue weighted by atomic mass is 16.2. The first-order valence-corrected chi connectivity index (χ1v) is 5.77. The number of carbonyl (C=O) groups is 1. The zero-order valence-corrected chi connectivity index (χ0v) is 9.49. The van der Waals surface area contributed by atoms with Crippen LogP contribution in [0, 0.1) is 0 Å². The lowest BCUT2D eigenvalue weighted by atomic mass is 9.91. The molecular weight excluding hydrogens is 204 g/mol. The maximum atomic E-state index is 11.7. The van der Waals surface area contributed by atoms with Gasteiger partial charge >= 0.3 is 0 Å². The van der Waals surface area contributed by atoms with Crippen LogP contribution < -0.4 is 10.6 Å². The molecule has 2 rings (SSSR count). The summed E-state index contributed by atoms with van der Waals surface area (Å²) in [6.45, 7) is 0. The van der Waals surface area contributed by atoms with Gasteiger partial charge in [-0.15, -0.1) is 0 Å². The van der Waals surface area contributed by atoms with Gasteiger partial charge in [-0.05, 0) is 38.8 Å². The summed E-state index contributed by atoms with van der Waals surface area (Å²) in [4.78, 5) is 11.7. The number of rotatable bonds is 3. The molecule has 1 heterocycles. The minimum Gasteiger partial charge on any atom is -0.348 e. The standard InChI is InChI=1S/C11H18N4O/c1-12-8-2-4-9(5-3-8)14-11(16)10-6-7-13-15-10/h6-9,12H,2-5H2,1H3,(H,13,15)(H,14,16). The third kappa shape index (κ3) is 2.61. The molecule has 1 saturated carbocycles. The zero-order chi connectivity index (χ0) is 11.4. The normalized spacial score (nSPS) is 25.3. The Labute approximate surface area is 95.0 Å². The molecule has 1 aromatic rings. The first kappa shape index (κ1) is 11.1. The fourth-order valence-corrected chi connectivity index (χ4v) is 2.17. The highest BCUT2D eigenvalue weighted by Gasteiger charge is 2.21. The number of carbonyl (C=O) groups excluding carboxylic acids is 1. The molecule has 5 heteroatoms. The van der Waals surface area contributed by atoms with Crippen LogP contribution in [0.2, 0.25) is 0 Å². The summed E-state index contributed by atoms with van der Waals surface area (Å²) in [5, 5.41) is 12.7. The third-order valence-corrected chi connectivity index (χ3v) is 3.22. The maximum Gasteiger partial charge on any atom is 0.269 e. The van der Waals surface area contributed by atoms with Gasteiger partial charge in [0.1, 0.15) is 5.69 Å². The SMILES string of the molecule is CNC1CCC(NC(=O)c2ccn[nH]2)CC1. The van der Waals surface area contributed by atoms with E-state index in [1.165, 1.54) is 0 Å². The van der Waals surface area contributed by atoms with Crippen LogP contribution in [0.5, 0.6) is 0 Å². The van der Waals surface area contributed by atoms with Crippen molar-refractivity contribution >= 4 is 5.91 Å². The smallest absolute Gasteiger partial charge is 0.269 e. The largest absolute Gasteiger partial charge is 0.348 e. The summed E-state index contributed by atoms with van der Waals surface area (Å²) in [6, 6.07) is 2.61. The zero-order valence-electron chi connectivity index (χ0n) is 9.49. The summed E-state index contributed by atoms with van der Waals surface area (Å²) in [5.41, 5.74) is 0.538. The Morgan fingerprint density at radius 1 is 1.38 bits per heavy atom. The molecule has 0 saturated heterocycles. The van der Waals surface area contributed by atoms with E-state index in [0.29, 0.717) is 17.8 Å². The predicted molar refractivity (Wildman–Crippen MR) is 61.2 cm³/mol.